The van der Waals surface area contributed by atoms with Gasteiger partial charge in [0, 0.05) is 30.5 Å². The van der Waals surface area contributed by atoms with E-state index in [1.807, 2.05) is 30.3 Å². The zero-order valence-electron chi connectivity index (χ0n) is 15.7. The molecule has 146 valence electrons. The fourth-order valence-electron chi connectivity index (χ4n) is 2.59. The van der Waals surface area contributed by atoms with Crippen LogP contribution >= 0.6 is 11.6 Å². The van der Waals surface area contributed by atoms with Gasteiger partial charge in [0.15, 0.2) is 0 Å². The van der Waals surface area contributed by atoms with E-state index < -0.39 is 0 Å². The molecule has 3 aromatic rings. The first-order valence-electron chi connectivity index (χ1n) is 9.12. The molecule has 1 heterocycles. The largest absolute Gasteiger partial charge is 0.492 e. The van der Waals surface area contributed by atoms with E-state index in [1.54, 1.807) is 36.2 Å². The lowest BCUT2D eigenvalue weighted by Crippen LogP contribution is -2.30. The second-order valence-electron chi connectivity index (χ2n) is 6.34. The van der Waals surface area contributed by atoms with E-state index >= 15 is 0 Å². The summed E-state index contributed by atoms with van der Waals surface area (Å²) in [5.41, 5.74) is 0.887. The van der Waals surface area contributed by atoms with Gasteiger partial charge in [0.25, 0.3) is 0 Å². The van der Waals surface area contributed by atoms with Gasteiger partial charge in [-0.25, -0.2) is 0 Å². The highest BCUT2D eigenvalue weighted by atomic mass is 35.5. The van der Waals surface area contributed by atoms with Crippen LogP contribution in [0.5, 0.6) is 5.75 Å². The molecule has 0 saturated carbocycles. The maximum absolute atomic E-state index is 12.2. The van der Waals surface area contributed by atoms with E-state index in [-0.39, 0.29) is 5.91 Å². The minimum Gasteiger partial charge on any atom is -0.492 e. The second kappa shape index (κ2) is 9.90. The summed E-state index contributed by atoms with van der Waals surface area (Å²) in [7, 11) is 1.77. The fourth-order valence-corrected chi connectivity index (χ4v) is 2.72. The van der Waals surface area contributed by atoms with Gasteiger partial charge >= 0.3 is 0 Å². The Hall–Kier alpha value is -2.86. The van der Waals surface area contributed by atoms with Crippen LogP contribution in [-0.4, -0.2) is 41.2 Å². The van der Waals surface area contributed by atoms with Crippen molar-refractivity contribution in [2.45, 2.75) is 19.3 Å². The molecule has 1 aromatic heterocycles. The molecule has 0 aliphatic heterocycles. The van der Waals surface area contributed by atoms with Crippen LogP contribution in [0, 0.1) is 0 Å². The molecule has 0 aliphatic carbocycles. The minimum atomic E-state index is 0.0579. The normalized spacial score (nSPS) is 10.6. The number of aryl methyl sites for hydroxylation is 1. The van der Waals surface area contributed by atoms with E-state index in [1.165, 1.54) is 0 Å². The van der Waals surface area contributed by atoms with Crippen LogP contribution in [0.25, 0.3) is 11.5 Å². The highest BCUT2D eigenvalue weighted by molar-refractivity contribution is 6.30. The van der Waals surface area contributed by atoms with Crippen molar-refractivity contribution < 1.29 is 13.9 Å². The number of carbonyl (C=O) groups excluding carboxylic acids is 1. The van der Waals surface area contributed by atoms with Crippen molar-refractivity contribution in [3.8, 4) is 17.2 Å². The molecule has 0 fully saturated rings. The Morgan fingerprint density at radius 1 is 1.11 bits per heavy atom. The molecule has 0 aliphatic rings. The van der Waals surface area contributed by atoms with Crippen LogP contribution in [0.2, 0.25) is 5.02 Å². The van der Waals surface area contributed by atoms with Crippen molar-refractivity contribution in [3.63, 3.8) is 0 Å². The smallest absolute Gasteiger partial charge is 0.247 e. The van der Waals surface area contributed by atoms with Crippen LogP contribution < -0.4 is 4.74 Å². The van der Waals surface area contributed by atoms with Gasteiger partial charge in [-0.2, -0.15) is 0 Å². The van der Waals surface area contributed by atoms with E-state index in [2.05, 4.69) is 10.2 Å². The topological polar surface area (TPSA) is 68.5 Å². The standard InChI is InChI=1S/C21H22ClN3O3/c1-25(14-15-27-18-12-10-17(22)11-13-18)20(26)9-5-8-19-23-24-21(28-19)16-6-3-2-4-7-16/h2-4,6-7,10-13H,5,8-9,14-15H2,1H3. The number of aromatic nitrogens is 2. The van der Waals surface area contributed by atoms with Gasteiger partial charge in [0.2, 0.25) is 17.7 Å². The molecule has 0 saturated heterocycles. The maximum Gasteiger partial charge on any atom is 0.247 e. The first kappa shape index (κ1) is 19.9. The molecule has 0 N–H and O–H groups in total. The third-order valence-corrected chi connectivity index (χ3v) is 4.46. The molecule has 0 bridgehead atoms. The average molecular weight is 400 g/mol. The Balaban J connectivity index is 1.37. The predicted molar refractivity (Wildman–Crippen MR) is 107 cm³/mol. The highest BCUT2D eigenvalue weighted by Gasteiger charge is 2.11. The van der Waals surface area contributed by atoms with E-state index in [0.717, 1.165) is 11.3 Å². The summed E-state index contributed by atoms with van der Waals surface area (Å²) in [6.45, 7) is 0.939. The molecular formula is C21H22ClN3O3. The van der Waals surface area contributed by atoms with Crippen LogP contribution in [-0.2, 0) is 11.2 Å². The van der Waals surface area contributed by atoms with Crippen molar-refractivity contribution in [2.24, 2.45) is 0 Å². The van der Waals surface area contributed by atoms with Gasteiger partial charge < -0.3 is 14.1 Å². The summed E-state index contributed by atoms with van der Waals surface area (Å²) in [4.78, 5) is 13.9. The lowest BCUT2D eigenvalue weighted by Gasteiger charge is -2.17. The van der Waals surface area contributed by atoms with Gasteiger partial charge in [0.1, 0.15) is 12.4 Å². The number of hydrogen-bond donors (Lipinski definition) is 0. The summed E-state index contributed by atoms with van der Waals surface area (Å²) in [5.74, 6) is 1.83. The van der Waals surface area contributed by atoms with Crippen molar-refractivity contribution in [3.05, 3.63) is 65.5 Å². The van der Waals surface area contributed by atoms with Gasteiger partial charge in [-0.1, -0.05) is 29.8 Å². The molecular weight excluding hydrogens is 378 g/mol. The number of nitrogens with zero attached hydrogens (tertiary/aromatic N) is 3. The Morgan fingerprint density at radius 3 is 2.61 bits per heavy atom. The Morgan fingerprint density at radius 2 is 1.86 bits per heavy atom. The highest BCUT2D eigenvalue weighted by Crippen LogP contribution is 2.18. The second-order valence-corrected chi connectivity index (χ2v) is 6.77. The molecule has 0 unspecified atom stereocenters. The third-order valence-electron chi connectivity index (χ3n) is 4.20. The number of ether oxygens (including phenoxy) is 1. The van der Waals surface area contributed by atoms with Crippen LogP contribution in [0.1, 0.15) is 18.7 Å². The van der Waals surface area contributed by atoms with Gasteiger partial charge in [-0.3, -0.25) is 4.79 Å². The number of hydrogen-bond acceptors (Lipinski definition) is 5. The molecule has 3 rings (SSSR count). The average Bonchev–Trinajstić information content (AvgIpc) is 3.19. The van der Waals surface area contributed by atoms with Crippen LogP contribution in [0.3, 0.4) is 0 Å². The summed E-state index contributed by atoms with van der Waals surface area (Å²) < 4.78 is 11.3. The van der Waals surface area contributed by atoms with Crippen molar-refractivity contribution in [1.29, 1.82) is 0 Å². The summed E-state index contributed by atoms with van der Waals surface area (Å²) in [6, 6.07) is 16.8. The molecule has 6 nitrogen and oxygen atoms in total. The summed E-state index contributed by atoms with van der Waals surface area (Å²) in [6.07, 6.45) is 1.64. The first-order chi connectivity index (χ1) is 13.6. The first-order valence-corrected chi connectivity index (χ1v) is 9.50. The maximum atomic E-state index is 12.2. The SMILES string of the molecule is CN(CCOc1ccc(Cl)cc1)C(=O)CCCc1nnc(-c2ccccc2)o1. The zero-order chi connectivity index (χ0) is 19.8. The lowest BCUT2D eigenvalue weighted by atomic mass is 10.2. The number of rotatable bonds is 9. The number of halogens is 1. The molecule has 0 atom stereocenters. The number of amides is 1. The van der Waals surface area contributed by atoms with E-state index in [0.29, 0.717) is 49.2 Å². The molecule has 7 heteroatoms. The van der Waals surface area contributed by atoms with Gasteiger partial charge in [-0.15, -0.1) is 10.2 Å². The van der Waals surface area contributed by atoms with Gasteiger partial charge in [0.05, 0.1) is 6.54 Å². The number of benzene rings is 2. The Labute approximate surface area is 169 Å². The Bertz CT molecular complexity index is 881. The molecule has 1 amide bonds. The fraction of sp³-hybridized carbons (Fsp3) is 0.286. The summed E-state index contributed by atoms with van der Waals surface area (Å²) in [5, 5.41) is 8.77. The van der Waals surface area contributed by atoms with Crippen molar-refractivity contribution in [1.82, 2.24) is 15.1 Å². The molecule has 0 radical (unpaired) electrons. The van der Waals surface area contributed by atoms with Gasteiger partial charge in [-0.05, 0) is 42.8 Å². The minimum absolute atomic E-state index is 0.0579. The van der Waals surface area contributed by atoms with Crippen LogP contribution in [0.4, 0.5) is 0 Å². The van der Waals surface area contributed by atoms with E-state index in [9.17, 15) is 4.79 Å². The van der Waals surface area contributed by atoms with Crippen LogP contribution in [0.15, 0.2) is 59.0 Å². The number of carbonyl (C=O) groups is 1. The van der Waals surface area contributed by atoms with E-state index in [4.69, 9.17) is 20.8 Å². The third kappa shape index (κ3) is 5.82. The van der Waals surface area contributed by atoms with Crippen molar-refractivity contribution >= 4 is 17.5 Å². The summed E-state index contributed by atoms with van der Waals surface area (Å²) >= 11 is 5.84. The molecule has 0 spiro atoms. The Kier molecular flexibility index (Phi) is 7.03. The van der Waals surface area contributed by atoms with Crippen molar-refractivity contribution in [2.75, 3.05) is 20.2 Å². The quantitative estimate of drug-likeness (QED) is 0.538. The zero-order valence-corrected chi connectivity index (χ0v) is 16.4. The monoisotopic (exact) mass is 399 g/mol. The number of likely N-dealkylation sites (N-methyl/N-ethyl adjacent to an activating group) is 1. The molecule has 2 aromatic carbocycles. The molecule has 28 heavy (non-hydrogen) atoms. The lowest BCUT2D eigenvalue weighted by molar-refractivity contribution is -0.130. The predicted octanol–water partition coefficient (Wildman–Crippen LogP) is 4.25.